The summed E-state index contributed by atoms with van der Waals surface area (Å²) in [6.45, 7) is 6.21. The first-order chi connectivity index (χ1) is 8.94. The molecule has 0 bridgehead atoms. The van der Waals surface area contributed by atoms with Gasteiger partial charge in [-0.15, -0.1) is 0 Å². The molecule has 1 aromatic heterocycles. The predicted octanol–water partition coefficient (Wildman–Crippen LogP) is 2.30. The van der Waals surface area contributed by atoms with Gasteiger partial charge in [-0.25, -0.2) is 0 Å². The zero-order valence-electron chi connectivity index (χ0n) is 11.2. The van der Waals surface area contributed by atoms with Gasteiger partial charge in [0.05, 0.1) is 5.69 Å². The number of aromatic nitrogens is 2. The van der Waals surface area contributed by atoms with Crippen LogP contribution in [0.5, 0.6) is 5.75 Å². The third-order valence-corrected chi connectivity index (χ3v) is 2.74. The molecule has 6 nitrogen and oxygen atoms in total. The molecule has 102 valence electrons. The van der Waals surface area contributed by atoms with E-state index < -0.39 is 5.60 Å². The largest absolute Gasteiger partial charge is 0.506 e. The number of hydrogen-bond donors (Lipinski definition) is 2. The Labute approximate surface area is 111 Å². The number of anilines is 1. The number of phenols is 1. The number of nitrogens with zero attached hydrogens (tertiary/aromatic N) is 2. The average Bonchev–Trinajstić information content (AvgIpc) is 2.83. The fourth-order valence-electron chi connectivity index (χ4n) is 1.70. The summed E-state index contributed by atoms with van der Waals surface area (Å²) < 4.78 is 10.8. The molecule has 3 N–H and O–H groups in total. The highest BCUT2D eigenvalue weighted by Crippen LogP contribution is 2.29. The van der Waals surface area contributed by atoms with Gasteiger partial charge in [0.1, 0.15) is 11.4 Å². The molecule has 0 aliphatic rings. The minimum absolute atomic E-state index is 0.0261. The van der Waals surface area contributed by atoms with Gasteiger partial charge in [-0.05, 0) is 39.0 Å². The number of ether oxygens (including phenoxy) is 1. The Morgan fingerprint density at radius 1 is 1.42 bits per heavy atom. The lowest BCUT2D eigenvalue weighted by Crippen LogP contribution is -2.23. The van der Waals surface area contributed by atoms with Crippen molar-refractivity contribution in [1.82, 2.24) is 10.1 Å². The summed E-state index contributed by atoms with van der Waals surface area (Å²) in [6.07, 6.45) is 0. The van der Waals surface area contributed by atoms with E-state index in [1.165, 1.54) is 6.07 Å². The van der Waals surface area contributed by atoms with E-state index in [1.54, 1.807) is 12.1 Å². The van der Waals surface area contributed by atoms with Crippen LogP contribution in [-0.4, -0.2) is 21.9 Å². The maximum Gasteiger partial charge on any atom is 0.258 e. The van der Waals surface area contributed by atoms with Crippen LogP contribution in [0.4, 0.5) is 5.69 Å². The van der Waals surface area contributed by atoms with Gasteiger partial charge < -0.3 is 20.1 Å². The molecule has 0 fully saturated rings. The van der Waals surface area contributed by atoms with Crippen LogP contribution in [0.25, 0.3) is 11.5 Å². The van der Waals surface area contributed by atoms with Crippen molar-refractivity contribution in [1.29, 1.82) is 0 Å². The number of rotatable bonds is 4. The number of aromatic hydroxyl groups is 1. The first kappa shape index (κ1) is 13.4. The normalized spacial score (nSPS) is 11.7. The van der Waals surface area contributed by atoms with Gasteiger partial charge in [-0.1, -0.05) is 5.16 Å². The van der Waals surface area contributed by atoms with Crippen LogP contribution < -0.4 is 5.73 Å². The summed E-state index contributed by atoms with van der Waals surface area (Å²) in [5.74, 6) is 0.837. The summed E-state index contributed by atoms with van der Waals surface area (Å²) >= 11 is 0. The molecule has 1 heterocycles. The van der Waals surface area contributed by atoms with Crippen LogP contribution in [0, 0.1) is 0 Å². The highest BCUT2D eigenvalue weighted by atomic mass is 16.5. The lowest BCUT2D eigenvalue weighted by atomic mass is 10.1. The molecule has 0 saturated carbocycles. The molecule has 0 amide bonds. The molecule has 2 rings (SSSR count). The smallest absolute Gasteiger partial charge is 0.258 e. The molecule has 6 heteroatoms. The lowest BCUT2D eigenvalue weighted by molar-refractivity contribution is -0.0221. The summed E-state index contributed by atoms with van der Waals surface area (Å²) in [5.41, 5.74) is 5.94. The van der Waals surface area contributed by atoms with E-state index >= 15 is 0 Å². The first-order valence-electron chi connectivity index (χ1n) is 6.01. The Kier molecular flexibility index (Phi) is 3.44. The van der Waals surface area contributed by atoms with Crippen molar-refractivity contribution in [2.24, 2.45) is 0 Å². The van der Waals surface area contributed by atoms with Crippen molar-refractivity contribution < 1.29 is 14.4 Å². The van der Waals surface area contributed by atoms with Crippen LogP contribution in [0.1, 0.15) is 26.6 Å². The standard InChI is InChI=1S/C13H17N3O3/c1-4-18-13(2,3)12-15-11(19-16-12)8-5-6-10(17)9(14)7-8/h5-7,17H,4,14H2,1-3H3. The number of nitrogen functional groups attached to an aromatic ring is 1. The van der Waals surface area contributed by atoms with E-state index in [9.17, 15) is 5.11 Å². The highest BCUT2D eigenvalue weighted by molar-refractivity contribution is 5.64. The van der Waals surface area contributed by atoms with Crippen molar-refractivity contribution >= 4 is 5.69 Å². The molecule has 1 aromatic carbocycles. The first-order valence-corrected chi connectivity index (χ1v) is 6.01. The van der Waals surface area contributed by atoms with Crippen molar-refractivity contribution in [3.63, 3.8) is 0 Å². The average molecular weight is 263 g/mol. The van der Waals surface area contributed by atoms with E-state index in [4.69, 9.17) is 15.0 Å². The molecule has 0 radical (unpaired) electrons. The molecular formula is C13H17N3O3. The Balaban J connectivity index is 2.33. The molecule has 19 heavy (non-hydrogen) atoms. The monoisotopic (exact) mass is 263 g/mol. The van der Waals surface area contributed by atoms with Crippen LogP contribution in [-0.2, 0) is 10.3 Å². The van der Waals surface area contributed by atoms with Crippen molar-refractivity contribution in [3.05, 3.63) is 24.0 Å². The number of hydrogen-bond acceptors (Lipinski definition) is 6. The fourth-order valence-corrected chi connectivity index (χ4v) is 1.70. The fraction of sp³-hybridized carbons (Fsp3) is 0.385. The molecule has 2 aromatic rings. The quantitative estimate of drug-likeness (QED) is 0.649. The van der Waals surface area contributed by atoms with Gasteiger partial charge in [0.25, 0.3) is 5.89 Å². The Morgan fingerprint density at radius 2 is 2.16 bits per heavy atom. The molecule has 0 atom stereocenters. The van der Waals surface area contributed by atoms with Crippen molar-refractivity contribution in [3.8, 4) is 17.2 Å². The third kappa shape index (κ3) is 2.68. The number of benzene rings is 1. The van der Waals surface area contributed by atoms with Crippen LogP contribution in [0.15, 0.2) is 22.7 Å². The SMILES string of the molecule is CCOC(C)(C)c1noc(-c2ccc(O)c(N)c2)n1. The zero-order valence-corrected chi connectivity index (χ0v) is 11.2. The maximum atomic E-state index is 9.38. The lowest BCUT2D eigenvalue weighted by Gasteiger charge is -2.19. The highest BCUT2D eigenvalue weighted by Gasteiger charge is 2.27. The topological polar surface area (TPSA) is 94.4 Å². The van der Waals surface area contributed by atoms with Gasteiger partial charge >= 0.3 is 0 Å². The minimum Gasteiger partial charge on any atom is -0.506 e. The van der Waals surface area contributed by atoms with E-state index in [-0.39, 0.29) is 11.4 Å². The van der Waals surface area contributed by atoms with E-state index in [1.807, 2.05) is 20.8 Å². The number of nitrogens with two attached hydrogens (primary N) is 1. The summed E-state index contributed by atoms with van der Waals surface area (Å²) in [5, 5.41) is 13.3. The Hall–Kier alpha value is -2.08. The molecule has 0 saturated heterocycles. The minimum atomic E-state index is -0.612. The summed E-state index contributed by atoms with van der Waals surface area (Å²) in [6, 6.07) is 4.74. The van der Waals surface area contributed by atoms with E-state index in [2.05, 4.69) is 10.1 Å². The second-order valence-corrected chi connectivity index (χ2v) is 4.64. The Morgan fingerprint density at radius 3 is 2.79 bits per heavy atom. The molecule has 0 aliphatic heterocycles. The summed E-state index contributed by atoms with van der Waals surface area (Å²) in [7, 11) is 0. The third-order valence-electron chi connectivity index (χ3n) is 2.74. The molecule has 0 unspecified atom stereocenters. The van der Waals surface area contributed by atoms with Gasteiger partial charge in [0.2, 0.25) is 5.82 Å². The maximum absolute atomic E-state index is 9.38. The van der Waals surface area contributed by atoms with Gasteiger partial charge in [0, 0.05) is 12.2 Å². The van der Waals surface area contributed by atoms with Gasteiger partial charge in [-0.3, -0.25) is 0 Å². The van der Waals surface area contributed by atoms with Crippen molar-refractivity contribution in [2.75, 3.05) is 12.3 Å². The molecule has 0 aliphatic carbocycles. The van der Waals surface area contributed by atoms with Gasteiger partial charge in [-0.2, -0.15) is 4.98 Å². The zero-order chi connectivity index (χ0) is 14.0. The predicted molar refractivity (Wildman–Crippen MR) is 70.5 cm³/mol. The van der Waals surface area contributed by atoms with E-state index in [0.29, 0.717) is 23.9 Å². The molecule has 0 spiro atoms. The molecular weight excluding hydrogens is 246 g/mol. The van der Waals surface area contributed by atoms with Crippen LogP contribution >= 0.6 is 0 Å². The Bertz CT molecular complexity index is 578. The summed E-state index contributed by atoms with van der Waals surface area (Å²) in [4.78, 5) is 4.30. The van der Waals surface area contributed by atoms with E-state index in [0.717, 1.165) is 0 Å². The number of phenolic OH excluding ortho intramolecular Hbond substituents is 1. The van der Waals surface area contributed by atoms with Crippen LogP contribution in [0.2, 0.25) is 0 Å². The second-order valence-electron chi connectivity index (χ2n) is 4.64. The van der Waals surface area contributed by atoms with Crippen LogP contribution in [0.3, 0.4) is 0 Å². The van der Waals surface area contributed by atoms with Gasteiger partial charge in [0.15, 0.2) is 0 Å². The van der Waals surface area contributed by atoms with Crippen molar-refractivity contribution in [2.45, 2.75) is 26.4 Å². The second kappa shape index (κ2) is 4.89.